The van der Waals surface area contributed by atoms with Crippen molar-refractivity contribution in [3.05, 3.63) is 11.3 Å². The van der Waals surface area contributed by atoms with Crippen LogP contribution in [0.3, 0.4) is 0 Å². The van der Waals surface area contributed by atoms with E-state index in [0.717, 1.165) is 37.7 Å². The van der Waals surface area contributed by atoms with E-state index in [1.807, 2.05) is 0 Å². The predicted octanol–water partition coefficient (Wildman–Crippen LogP) is -0.438. The molecule has 0 aromatic rings. The molecule has 6 heteroatoms. The van der Waals surface area contributed by atoms with E-state index in [-0.39, 0.29) is 5.76 Å². The molecule has 104 valence electrons. The molecule has 1 unspecified atom stereocenters. The molecule has 0 bridgehead atoms. The predicted molar refractivity (Wildman–Crippen MR) is 61.6 cm³/mol. The summed E-state index contributed by atoms with van der Waals surface area (Å²) in [5, 5.41) is 48.1. The van der Waals surface area contributed by atoms with Crippen molar-refractivity contribution in [3.63, 3.8) is 0 Å². The molecular weight excluding hydrogens is 240 g/mol. The molecule has 0 aromatic carbocycles. The summed E-state index contributed by atoms with van der Waals surface area (Å²) in [6, 6.07) is 0. The van der Waals surface area contributed by atoms with Crippen molar-refractivity contribution < 1.29 is 30.3 Å². The van der Waals surface area contributed by atoms with Crippen molar-refractivity contribution in [3.8, 4) is 0 Å². The van der Waals surface area contributed by atoms with Gasteiger partial charge in [0.15, 0.2) is 6.29 Å². The van der Waals surface area contributed by atoms with Crippen LogP contribution in [0.25, 0.3) is 0 Å². The molecule has 1 saturated carbocycles. The molecule has 1 aliphatic heterocycles. The summed E-state index contributed by atoms with van der Waals surface area (Å²) >= 11 is 0. The fraction of sp³-hybridized carbons (Fsp3) is 0.833. The standard InChI is InChI=1S/C12H20O6/c13-7(6-4-2-1-3-5-6)8(14)11-9(15)10(16)12(17)18-11/h8-17H,1-5H2/t8-,9-,10-,11-,12?/m1/s1. The van der Waals surface area contributed by atoms with Gasteiger partial charge in [0, 0.05) is 0 Å². The van der Waals surface area contributed by atoms with E-state index < -0.39 is 30.7 Å². The van der Waals surface area contributed by atoms with Gasteiger partial charge in [-0.2, -0.15) is 0 Å². The Morgan fingerprint density at radius 1 is 1.06 bits per heavy atom. The lowest BCUT2D eigenvalue weighted by Crippen LogP contribution is -2.40. The molecule has 5 atom stereocenters. The molecule has 0 spiro atoms. The molecule has 6 nitrogen and oxygen atoms in total. The summed E-state index contributed by atoms with van der Waals surface area (Å²) < 4.78 is 4.87. The third-order valence-electron chi connectivity index (χ3n) is 3.69. The van der Waals surface area contributed by atoms with Crippen LogP contribution >= 0.6 is 0 Å². The van der Waals surface area contributed by atoms with Crippen LogP contribution in [-0.2, 0) is 4.74 Å². The smallest absolute Gasteiger partial charge is 0.184 e. The average molecular weight is 260 g/mol. The van der Waals surface area contributed by atoms with Crippen LogP contribution in [0.4, 0.5) is 0 Å². The minimum atomic E-state index is -1.54. The Morgan fingerprint density at radius 3 is 2.17 bits per heavy atom. The van der Waals surface area contributed by atoms with Crippen LogP contribution in [0.15, 0.2) is 11.3 Å². The topological polar surface area (TPSA) is 110 Å². The van der Waals surface area contributed by atoms with E-state index in [4.69, 9.17) is 4.74 Å². The van der Waals surface area contributed by atoms with Crippen molar-refractivity contribution in [1.82, 2.24) is 0 Å². The highest BCUT2D eigenvalue weighted by Gasteiger charge is 2.46. The summed E-state index contributed by atoms with van der Waals surface area (Å²) in [6.07, 6.45) is -2.57. The SMILES string of the molecule is OC(=C1CCCCC1)[C@@H](O)[C@H]1OC(O)[C@H](O)[C@H]1O. The van der Waals surface area contributed by atoms with Crippen molar-refractivity contribution in [2.75, 3.05) is 0 Å². The molecule has 0 radical (unpaired) electrons. The van der Waals surface area contributed by atoms with Gasteiger partial charge in [0.25, 0.3) is 0 Å². The number of aliphatic hydroxyl groups is 5. The maximum atomic E-state index is 9.97. The number of allylic oxidation sites excluding steroid dienone is 1. The van der Waals surface area contributed by atoms with Gasteiger partial charge in [-0.05, 0) is 31.3 Å². The highest BCUT2D eigenvalue weighted by atomic mass is 16.6. The number of hydrogen-bond acceptors (Lipinski definition) is 6. The largest absolute Gasteiger partial charge is 0.509 e. The quantitative estimate of drug-likeness (QED) is 0.431. The first-order valence-electron chi connectivity index (χ1n) is 6.31. The summed E-state index contributed by atoms with van der Waals surface area (Å²) in [7, 11) is 0. The molecule has 0 aromatic heterocycles. The third-order valence-corrected chi connectivity index (χ3v) is 3.69. The first kappa shape index (κ1) is 13.8. The van der Waals surface area contributed by atoms with Crippen LogP contribution in [0.5, 0.6) is 0 Å². The van der Waals surface area contributed by atoms with Crippen LogP contribution in [-0.4, -0.2) is 56.2 Å². The summed E-state index contributed by atoms with van der Waals surface area (Å²) in [5.74, 6) is -0.194. The maximum absolute atomic E-state index is 9.97. The zero-order valence-electron chi connectivity index (χ0n) is 10.1. The lowest BCUT2D eigenvalue weighted by Gasteiger charge is -2.24. The first-order valence-corrected chi connectivity index (χ1v) is 6.31. The van der Waals surface area contributed by atoms with Gasteiger partial charge in [-0.3, -0.25) is 0 Å². The van der Waals surface area contributed by atoms with Gasteiger partial charge in [-0.25, -0.2) is 0 Å². The fourth-order valence-electron chi connectivity index (χ4n) is 2.55. The molecule has 2 aliphatic rings. The van der Waals surface area contributed by atoms with Gasteiger partial charge in [0.2, 0.25) is 0 Å². The van der Waals surface area contributed by atoms with Crippen molar-refractivity contribution in [1.29, 1.82) is 0 Å². The molecule has 0 amide bonds. The van der Waals surface area contributed by atoms with Crippen LogP contribution in [0.1, 0.15) is 32.1 Å². The Kier molecular flexibility index (Phi) is 4.24. The van der Waals surface area contributed by atoms with Gasteiger partial charge in [-0.1, -0.05) is 6.42 Å². The lowest BCUT2D eigenvalue weighted by atomic mass is 9.91. The second-order valence-corrected chi connectivity index (χ2v) is 4.97. The van der Waals surface area contributed by atoms with Gasteiger partial charge < -0.3 is 30.3 Å². The van der Waals surface area contributed by atoms with Crippen LogP contribution in [0.2, 0.25) is 0 Å². The van der Waals surface area contributed by atoms with Gasteiger partial charge in [-0.15, -0.1) is 0 Å². The summed E-state index contributed by atoms with van der Waals surface area (Å²) in [6.45, 7) is 0. The minimum Gasteiger partial charge on any atom is -0.509 e. The molecule has 2 rings (SSSR count). The average Bonchev–Trinajstić information content (AvgIpc) is 2.66. The van der Waals surface area contributed by atoms with E-state index in [1.54, 1.807) is 0 Å². The Balaban J connectivity index is 2.09. The molecule has 18 heavy (non-hydrogen) atoms. The Hall–Kier alpha value is -0.660. The van der Waals surface area contributed by atoms with Crippen molar-refractivity contribution in [2.45, 2.75) is 62.8 Å². The normalized spacial score (nSPS) is 38.8. The van der Waals surface area contributed by atoms with E-state index in [1.165, 1.54) is 0 Å². The van der Waals surface area contributed by atoms with Crippen LogP contribution in [0, 0.1) is 0 Å². The number of ether oxygens (including phenoxy) is 1. The van der Waals surface area contributed by atoms with Gasteiger partial charge in [0.1, 0.15) is 30.2 Å². The van der Waals surface area contributed by atoms with E-state index >= 15 is 0 Å². The zero-order valence-corrected chi connectivity index (χ0v) is 10.1. The van der Waals surface area contributed by atoms with E-state index in [0.29, 0.717) is 0 Å². The monoisotopic (exact) mass is 260 g/mol. The van der Waals surface area contributed by atoms with Gasteiger partial charge in [0.05, 0.1) is 0 Å². The maximum Gasteiger partial charge on any atom is 0.184 e. The molecule has 1 saturated heterocycles. The lowest BCUT2D eigenvalue weighted by molar-refractivity contribution is -0.144. The summed E-state index contributed by atoms with van der Waals surface area (Å²) in [5.41, 5.74) is 0.764. The van der Waals surface area contributed by atoms with Crippen LogP contribution < -0.4 is 0 Å². The first-order chi connectivity index (χ1) is 8.52. The van der Waals surface area contributed by atoms with E-state index in [2.05, 4.69) is 0 Å². The number of aliphatic hydroxyl groups excluding tert-OH is 5. The zero-order chi connectivity index (χ0) is 13.3. The number of hydrogen-bond donors (Lipinski definition) is 5. The summed E-state index contributed by atoms with van der Waals surface area (Å²) in [4.78, 5) is 0. The highest BCUT2D eigenvalue weighted by molar-refractivity contribution is 5.16. The minimum absolute atomic E-state index is 0.194. The molecular formula is C12H20O6. The molecule has 2 fully saturated rings. The second-order valence-electron chi connectivity index (χ2n) is 4.97. The molecule has 1 aliphatic carbocycles. The Bertz CT molecular complexity index is 321. The molecule has 1 heterocycles. The van der Waals surface area contributed by atoms with E-state index in [9.17, 15) is 25.5 Å². The Labute approximate surface area is 105 Å². The Morgan fingerprint density at radius 2 is 1.67 bits per heavy atom. The third kappa shape index (κ3) is 2.53. The number of rotatable bonds is 2. The van der Waals surface area contributed by atoms with Crippen molar-refractivity contribution >= 4 is 0 Å². The second kappa shape index (κ2) is 5.54. The highest BCUT2D eigenvalue weighted by Crippen LogP contribution is 2.30. The van der Waals surface area contributed by atoms with Gasteiger partial charge >= 0.3 is 0 Å². The van der Waals surface area contributed by atoms with Crippen molar-refractivity contribution in [2.24, 2.45) is 0 Å². The molecule has 5 N–H and O–H groups in total. The fourth-order valence-corrected chi connectivity index (χ4v) is 2.55.